The van der Waals surface area contributed by atoms with Crippen LogP contribution < -0.4 is 4.94 Å². The zero-order valence-corrected chi connectivity index (χ0v) is 9.04. The molecule has 1 heterocycles. The zero-order chi connectivity index (χ0) is 11.3. The summed E-state index contributed by atoms with van der Waals surface area (Å²) in [4.78, 5) is 22.0. The molecule has 0 unspecified atom stereocenters. The minimum atomic E-state index is -0.819. The maximum atomic E-state index is 11.2. The molecule has 1 fully saturated rings. The van der Waals surface area contributed by atoms with E-state index in [1.165, 1.54) is 0 Å². The van der Waals surface area contributed by atoms with Crippen molar-refractivity contribution in [2.24, 2.45) is 0 Å². The summed E-state index contributed by atoms with van der Waals surface area (Å²) < 4.78 is 5.65. The smallest absolute Gasteiger partial charge is 0.396 e. The second-order valence-electron chi connectivity index (χ2n) is 3.97. The first-order valence-electron chi connectivity index (χ1n) is 4.90. The van der Waals surface area contributed by atoms with Gasteiger partial charge in [-0.05, 0) is 24.5 Å². The molecule has 1 aromatic heterocycles. The van der Waals surface area contributed by atoms with Gasteiger partial charge in [-0.25, -0.2) is 4.79 Å². The molecule has 1 aromatic carbocycles. The average Bonchev–Trinajstić information content (AvgIpc) is 2.94. The Hall–Kier alpha value is -1.62. The molecule has 16 heavy (non-hydrogen) atoms. The van der Waals surface area contributed by atoms with Gasteiger partial charge >= 0.3 is 10.9 Å². The van der Waals surface area contributed by atoms with Gasteiger partial charge in [0.1, 0.15) is 5.58 Å². The van der Waals surface area contributed by atoms with Crippen molar-refractivity contribution in [3.8, 4) is 0 Å². The second kappa shape index (κ2) is 2.95. The fraction of sp³-hybridized carbons (Fsp3) is 0.273. The Bertz CT molecular complexity index is 633. The van der Waals surface area contributed by atoms with Crippen LogP contribution in [0, 0.1) is 0 Å². The molecule has 5 heteroatoms. The van der Waals surface area contributed by atoms with Crippen LogP contribution in [0.5, 0.6) is 0 Å². The Labute approximate surface area is 94.1 Å². The van der Waals surface area contributed by atoms with Gasteiger partial charge in [-0.15, -0.1) is 0 Å². The quantitative estimate of drug-likeness (QED) is 0.865. The van der Waals surface area contributed by atoms with Crippen LogP contribution in [0.2, 0.25) is 0 Å². The number of rotatable bonds is 2. The second-order valence-corrected chi connectivity index (χ2v) is 4.92. The van der Waals surface area contributed by atoms with E-state index in [4.69, 9.17) is 4.42 Å². The first-order valence-corrected chi connectivity index (χ1v) is 5.72. The van der Waals surface area contributed by atoms with Crippen LogP contribution in [0.25, 0.3) is 10.3 Å². The van der Waals surface area contributed by atoms with Crippen LogP contribution in [-0.4, -0.2) is 11.1 Å². The van der Waals surface area contributed by atoms with E-state index < -0.39 is 11.4 Å². The lowest BCUT2D eigenvalue weighted by molar-refractivity contribution is -0.139. The number of fused-ring (bicyclic) bond motifs is 1. The molecule has 1 aliphatic rings. The van der Waals surface area contributed by atoms with E-state index in [0.717, 1.165) is 11.3 Å². The van der Waals surface area contributed by atoms with Crippen LogP contribution in [0.1, 0.15) is 18.4 Å². The van der Waals surface area contributed by atoms with Crippen molar-refractivity contribution in [1.29, 1.82) is 0 Å². The van der Waals surface area contributed by atoms with Crippen molar-refractivity contribution in [3.05, 3.63) is 33.5 Å². The molecule has 0 bridgehead atoms. The van der Waals surface area contributed by atoms with E-state index in [2.05, 4.69) is 0 Å². The summed E-state index contributed by atoms with van der Waals surface area (Å²) in [5.74, 6) is -0.819. The van der Waals surface area contributed by atoms with Crippen molar-refractivity contribution < 1.29 is 14.3 Å². The third-order valence-corrected chi connectivity index (χ3v) is 3.91. The molecule has 3 rings (SSSR count). The summed E-state index contributed by atoms with van der Waals surface area (Å²) >= 11 is 0.977. The zero-order valence-electron chi connectivity index (χ0n) is 8.23. The van der Waals surface area contributed by atoms with Crippen LogP contribution in [-0.2, 0) is 10.2 Å². The van der Waals surface area contributed by atoms with Gasteiger partial charge in [0.25, 0.3) is 0 Å². The highest BCUT2D eigenvalue weighted by Crippen LogP contribution is 2.50. The van der Waals surface area contributed by atoms with Gasteiger partial charge < -0.3 is 9.52 Å². The predicted molar refractivity (Wildman–Crippen MR) is 58.9 cm³/mol. The van der Waals surface area contributed by atoms with E-state index in [9.17, 15) is 14.7 Å². The Morgan fingerprint density at radius 2 is 2.19 bits per heavy atom. The van der Waals surface area contributed by atoms with Gasteiger partial charge in [0.2, 0.25) is 0 Å². The number of carboxylic acids is 1. The molecule has 0 amide bonds. The highest BCUT2D eigenvalue weighted by atomic mass is 32.1. The van der Waals surface area contributed by atoms with Crippen molar-refractivity contribution >= 4 is 27.6 Å². The molecule has 0 aliphatic heterocycles. The number of hydrogen-bond donors (Lipinski definition) is 1. The fourth-order valence-electron chi connectivity index (χ4n) is 2.00. The first kappa shape index (κ1) is 9.59. The third-order valence-electron chi connectivity index (χ3n) is 3.03. The number of carboxylic acid groups (broad SMARTS) is 1. The molecule has 4 nitrogen and oxygen atoms in total. The van der Waals surface area contributed by atoms with E-state index in [0.29, 0.717) is 28.7 Å². The normalized spacial score (nSPS) is 17.5. The highest BCUT2D eigenvalue weighted by molar-refractivity contribution is 7.16. The molecule has 0 saturated heterocycles. The minimum Gasteiger partial charge on any atom is -0.481 e. The fourth-order valence-corrected chi connectivity index (χ4v) is 2.88. The largest absolute Gasteiger partial charge is 0.481 e. The standard InChI is InChI=1S/C11H8O4S/c12-9(13)11(4-5-11)6-2-1-3-7-8(6)16-10(14)15-7/h1-3H,4-5H2,(H,12,13). The summed E-state index contributed by atoms with van der Waals surface area (Å²) in [6.07, 6.45) is 1.26. The summed E-state index contributed by atoms with van der Waals surface area (Å²) in [5.41, 5.74) is 0.417. The van der Waals surface area contributed by atoms with Gasteiger partial charge in [0.05, 0.1) is 10.1 Å². The highest BCUT2D eigenvalue weighted by Gasteiger charge is 2.52. The Morgan fingerprint density at radius 3 is 2.81 bits per heavy atom. The molecule has 1 N–H and O–H groups in total. The minimum absolute atomic E-state index is 0.386. The summed E-state index contributed by atoms with van der Waals surface area (Å²) in [6.45, 7) is 0. The topological polar surface area (TPSA) is 67.5 Å². The van der Waals surface area contributed by atoms with Crippen LogP contribution in [0.4, 0.5) is 0 Å². The third kappa shape index (κ3) is 1.15. The number of benzene rings is 1. The Balaban J connectivity index is 2.32. The summed E-state index contributed by atoms with van der Waals surface area (Å²) in [7, 11) is 0. The van der Waals surface area contributed by atoms with E-state index in [1.807, 2.05) is 0 Å². The summed E-state index contributed by atoms with van der Waals surface area (Å²) in [5, 5.41) is 9.22. The molecular formula is C11H8O4S. The lowest BCUT2D eigenvalue weighted by Gasteiger charge is -2.09. The lowest BCUT2D eigenvalue weighted by Crippen LogP contribution is -2.19. The van der Waals surface area contributed by atoms with E-state index in [-0.39, 0.29) is 4.94 Å². The molecule has 0 spiro atoms. The van der Waals surface area contributed by atoms with Crippen LogP contribution >= 0.6 is 11.3 Å². The number of carbonyl (C=O) groups is 1. The predicted octanol–water partition coefficient (Wildman–Crippen LogP) is 1.97. The Morgan fingerprint density at radius 1 is 1.44 bits per heavy atom. The molecular weight excluding hydrogens is 228 g/mol. The van der Waals surface area contributed by atoms with Crippen molar-refractivity contribution in [2.45, 2.75) is 18.3 Å². The van der Waals surface area contributed by atoms with Crippen molar-refractivity contribution in [3.63, 3.8) is 0 Å². The molecule has 2 aromatic rings. The maximum Gasteiger partial charge on any atom is 0.396 e. The van der Waals surface area contributed by atoms with Crippen LogP contribution in [0.3, 0.4) is 0 Å². The van der Waals surface area contributed by atoms with Crippen LogP contribution in [0.15, 0.2) is 27.4 Å². The van der Waals surface area contributed by atoms with Gasteiger partial charge in [0.15, 0.2) is 0 Å². The van der Waals surface area contributed by atoms with Gasteiger partial charge in [-0.3, -0.25) is 4.79 Å². The van der Waals surface area contributed by atoms with Crippen molar-refractivity contribution in [2.75, 3.05) is 0 Å². The monoisotopic (exact) mass is 236 g/mol. The molecule has 82 valence electrons. The molecule has 1 saturated carbocycles. The lowest BCUT2D eigenvalue weighted by atomic mass is 9.96. The number of hydrogen-bond acceptors (Lipinski definition) is 4. The van der Waals surface area contributed by atoms with E-state index in [1.54, 1.807) is 18.2 Å². The molecule has 0 radical (unpaired) electrons. The SMILES string of the molecule is O=C(O)C1(c2cccc3oc(=O)sc23)CC1. The van der Waals surface area contributed by atoms with Gasteiger partial charge in [-0.2, -0.15) is 0 Å². The van der Waals surface area contributed by atoms with Gasteiger partial charge in [-0.1, -0.05) is 23.5 Å². The van der Waals surface area contributed by atoms with E-state index >= 15 is 0 Å². The summed E-state index contributed by atoms with van der Waals surface area (Å²) in [6, 6.07) is 5.19. The average molecular weight is 236 g/mol. The molecule has 0 atom stereocenters. The maximum absolute atomic E-state index is 11.2. The van der Waals surface area contributed by atoms with Crippen molar-refractivity contribution in [1.82, 2.24) is 0 Å². The first-order chi connectivity index (χ1) is 7.63. The Kier molecular flexibility index (Phi) is 1.77. The number of aliphatic carboxylic acids is 1. The molecule has 1 aliphatic carbocycles. The van der Waals surface area contributed by atoms with Gasteiger partial charge in [0, 0.05) is 0 Å².